The van der Waals surface area contributed by atoms with Gasteiger partial charge < -0.3 is 19.8 Å². The van der Waals surface area contributed by atoms with E-state index in [-0.39, 0.29) is 23.3 Å². The SMILES string of the molecule is COc1ccc(CNC(=O)CSc2nc3cc(C)[nH]c3c(=O)n2C(C)C)cc1OC. The van der Waals surface area contributed by atoms with E-state index >= 15 is 0 Å². The van der Waals surface area contributed by atoms with Gasteiger partial charge in [0.15, 0.2) is 16.7 Å². The Morgan fingerprint density at radius 2 is 1.97 bits per heavy atom. The molecule has 0 unspecified atom stereocenters. The van der Waals surface area contributed by atoms with Crippen molar-refractivity contribution in [1.82, 2.24) is 19.9 Å². The lowest BCUT2D eigenvalue weighted by atomic mass is 10.2. The summed E-state index contributed by atoms with van der Waals surface area (Å²) in [6.45, 7) is 6.09. The predicted octanol–water partition coefficient (Wildman–Crippen LogP) is 3.04. The third-order valence-electron chi connectivity index (χ3n) is 4.57. The summed E-state index contributed by atoms with van der Waals surface area (Å²) in [5, 5.41) is 3.42. The normalized spacial score (nSPS) is 11.1. The molecule has 0 bridgehead atoms. The standard InChI is InChI=1S/C21H26N4O4S/c1-12(2)25-20(27)19-15(8-13(3)23-19)24-21(25)30-11-18(26)22-10-14-6-7-16(28-4)17(9-14)29-5/h6-9,12,23H,10-11H2,1-5H3,(H,22,26). The predicted molar refractivity (Wildman–Crippen MR) is 118 cm³/mol. The summed E-state index contributed by atoms with van der Waals surface area (Å²) in [6, 6.07) is 7.26. The number of nitrogens with zero attached hydrogens (tertiary/aromatic N) is 2. The van der Waals surface area contributed by atoms with Crippen molar-refractivity contribution in [3.8, 4) is 11.5 Å². The van der Waals surface area contributed by atoms with Crippen LogP contribution >= 0.6 is 11.8 Å². The highest BCUT2D eigenvalue weighted by molar-refractivity contribution is 7.99. The van der Waals surface area contributed by atoms with E-state index in [9.17, 15) is 9.59 Å². The minimum atomic E-state index is -0.148. The average molecular weight is 431 g/mol. The first kappa shape index (κ1) is 21.8. The number of methoxy groups -OCH3 is 2. The maximum absolute atomic E-state index is 12.8. The van der Waals surface area contributed by atoms with E-state index < -0.39 is 0 Å². The van der Waals surface area contributed by atoms with Crippen molar-refractivity contribution in [2.75, 3.05) is 20.0 Å². The van der Waals surface area contributed by atoms with Gasteiger partial charge in [0.1, 0.15) is 5.52 Å². The Kier molecular flexibility index (Phi) is 6.71. The molecule has 0 atom stereocenters. The Morgan fingerprint density at radius 3 is 2.63 bits per heavy atom. The summed E-state index contributed by atoms with van der Waals surface area (Å²) >= 11 is 1.25. The number of aryl methyl sites for hydroxylation is 1. The highest BCUT2D eigenvalue weighted by Crippen LogP contribution is 2.27. The number of rotatable bonds is 8. The van der Waals surface area contributed by atoms with E-state index in [2.05, 4.69) is 15.3 Å². The molecule has 3 aromatic rings. The second kappa shape index (κ2) is 9.25. The van der Waals surface area contributed by atoms with Gasteiger partial charge in [-0.2, -0.15) is 0 Å². The molecule has 0 aliphatic heterocycles. The zero-order valence-electron chi connectivity index (χ0n) is 17.7. The summed E-state index contributed by atoms with van der Waals surface area (Å²) in [6.07, 6.45) is 0. The zero-order valence-corrected chi connectivity index (χ0v) is 18.6. The van der Waals surface area contributed by atoms with Crippen molar-refractivity contribution >= 4 is 28.7 Å². The van der Waals surface area contributed by atoms with Crippen LogP contribution in [0.1, 0.15) is 31.1 Å². The van der Waals surface area contributed by atoms with Crippen LogP contribution in [0.3, 0.4) is 0 Å². The average Bonchev–Trinajstić information content (AvgIpc) is 3.10. The Morgan fingerprint density at radius 1 is 1.23 bits per heavy atom. The summed E-state index contributed by atoms with van der Waals surface area (Å²) in [7, 11) is 3.15. The van der Waals surface area contributed by atoms with E-state index in [1.807, 2.05) is 39.0 Å². The van der Waals surface area contributed by atoms with Crippen molar-refractivity contribution in [3.05, 3.63) is 45.9 Å². The molecule has 2 aromatic heterocycles. The monoisotopic (exact) mass is 430 g/mol. The van der Waals surface area contributed by atoms with Crippen molar-refractivity contribution in [2.24, 2.45) is 0 Å². The molecule has 0 aliphatic rings. The van der Waals surface area contributed by atoms with Crippen LogP contribution < -0.4 is 20.3 Å². The number of hydrogen-bond donors (Lipinski definition) is 2. The number of thioether (sulfide) groups is 1. The lowest BCUT2D eigenvalue weighted by Gasteiger charge is -2.15. The van der Waals surface area contributed by atoms with Crippen LogP contribution in [0.4, 0.5) is 0 Å². The molecule has 9 heteroatoms. The molecular formula is C21H26N4O4S. The molecule has 0 saturated carbocycles. The summed E-state index contributed by atoms with van der Waals surface area (Å²) in [5.41, 5.74) is 2.74. The van der Waals surface area contributed by atoms with Crippen molar-refractivity contribution in [2.45, 2.75) is 38.5 Å². The van der Waals surface area contributed by atoms with Gasteiger partial charge >= 0.3 is 0 Å². The molecule has 0 spiro atoms. The quantitative estimate of drug-likeness (QED) is 0.421. The fourth-order valence-corrected chi connectivity index (χ4v) is 4.08. The van der Waals surface area contributed by atoms with Gasteiger partial charge in [-0.15, -0.1) is 0 Å². The van der Waals surface area contributed by atoms with Gasteiger partial charge in [0.25, 0.3) is 5.56 Å². The number of hydrogen-bond acceptors (Lipinski definition) is 6. The van der Waals surface area contributed by atoms with Crippen LogP contribution in [0.2, 0.25) is 0 Å². The molecule has 0 fully saturated rings. The van der Waals surface area contributed by atoms with Gasteiger partial charge in [-0.1, -0.05) is 17.8 Å². The Labute approximate surface area is 179 Å². The van der Waals surface area contributed by atoms with Crippen LogP contribution in [0, 0.1) is 6.92 Å². The summed E-state index contributed by atoms with van der Waals surface area (Å²) in [4.78, 5) is 32.9. The van der Waals surface area contributed by atoms with Gasteiger partial charge in [0.05, 0.1) is 25.5 Å². The lowest BCUT2D eigenvalue weighted by molar-refractivity contribution is -0.118. The molecule has 8 nitrogen and oxygen atoms in total. The fraction of sp³-hybridized carbons (Fsp3) is 0.381. The molecule has 30 heavy (non-hydrogen) atoms. The van der Waals surface area contributed by atoms with Gasteiger partial charge in [-0.3, -0.25) is 14.2 Å². The maximum Gasteiger partial charge on any atom is 0.278 e. The number of carbonyl (C=O) groups is 1. The van der Waals surface area contributed by atoms with E-state index in [0.717, 1.165) is 11.3 Å². The largest absolute Gasteiger partial charge is 0.493 e. The van der Waals surface area contributed by atoms with Gasteiger partial charge in [0.2, 0.25) is 5.91 Å². The molecular weight excluding hydrogens is 404 g/mol. The lowest BCUT2D eigenvalue weighted by Crippen LogP contribution is -2.27. The number of aromatic amines is 1. The highest BCUT2D eigenvalue weighted by Gasteiger charge is 2.16. The third-order valence-corrected chi connectivity index (χ3v) is 5.53. The number of amides is 1. The number of ether oxygens (including phenoxy) is 2. The maximum atomic E-state index is 12.8. The molecule has 1 amide bonds. The Hall–Kier alpha value is -2.94. The van der Waals surface area contributed by atoms with E-state index in [1.54, 1.807) is 24.9 Å². The number of benzene rings is 1. The topological polar surface area (TPSA) is 98.2 Å². The molecule has 0 aliphatic carbocycles. The molecule has 160 valence electrons. The van der Waals surface area contributed by atoms with Crippen molar-refractivity contribution in [3.63, 3.8) is 0 Å². The fourth-order valence-electron chi connectivity index (χ4n) is 3.12. The van der Waals surface area contributed by atoms with Crippen LogP contribution in [0.5, 0.6) is 11.5 Å². The Bertz CT molecular complexity index is 1120. The molecule has 2 N–H and O–H groups in total. The molecule has 1 aromatic carbocycles. The van der Waals surface area contributed by atoms with Gasteiger partial charge in [0, 0.05) is 18.3 Å². The van der Waals surface area contributed by atoms with Crippen molar-refractivity contribution < 1.29 is 14.3 Å². The molecule has 2 heterocycles. The van der Waals surface area contributed by atoms with Gasteiger partial charge in [-0.25, -0.2) is 4.98 Å². The third kappa shape index (κ3) is 4.62. The second-order valence-corrected chi connectivity index (χ2v) is 8.07. The first-order valence-corrected chi connectivity index (χ1v) is 10.5. The van der Waals surface area contributed by atoms with Gasteiger partial charge in [-0.05, 0) is 44.5 Å². The Balaban J connectivity index is 1.69. The van der Waals surface area contributed by atoms with Crippen molar-refractivity contribution in [1.29, 1.82) is 0 Å². The van der Waals surface area contributed by atoms with E-state index in [1.165, 1.54) is 11.8 Å². The van der Waals surface area contributed by atoms with Crippen LogP contribution in [-0.4, -0.2) is 40.4 Å². The number of H-pyrrole nitrogens is 1. The smallest absolute Gasteiger partial charge is 0.278 e. The second-order valence-electron chi connectivity index (χ2n) is 7.13. The van der Waals surface area contributed by atoms with Crippen LogP contribution in [0.15, 0.2) is 34.2 Å². The number of carbonyl (C=O) groups excluding carboxylic acids is 1. The zero-order chi connectivity index (χ0) is 21.8. The van der Waals surface area contributed by atoms with E-state index in [4.69, 9.17) is 9.47 Å². The first-order valence-electron chi connectivity index (χ1n) is 9.56. The first-order chi connectivity index (χ1) is 14.3. The highest BCUT2D eigenvalue weighted by atomic mass is 32.2. The van der Waals surface area contributed by atoms with E-state index in [0.29, 0.717) is 34.2 Å². The number of fused-ring (bicyclic) bond motifs is 1. The number of aromatic nitrogens is 3. The summed E-state index contributed by atoms with van der Waals surface area (Å²) < 4.78 is 12.1. The van der Waals surface area contributed by atoms with Crippen LogP contribution in [0.25, 0.3) is 11.0 Å². The minimum Gasteiger partial charge on any atom is -0.493 e. The molecule has 0 saturated heterocycles. The minimum absolute atomic E-state index is 0.0738. The molecule has 3 rings (SSSR count). The number of nitrogens with one attached hydrogen (secondary N) is 2. The molecule has 0 radical (unpaired) electrons. The summed E-state index contributed by atoms with van der Waals surface area (Å²) in [5.74, 6) is 1.25. The van der Waals surface area contributed by atoms with Crippen LogP contribution in [-0.2, 0) is 11.3 Å².